The number of carbonyl (C=O) groups is 1. The summed E-state index contributed by atoms with van der Waals surface area (Å²) >= 11 is 0. The molecule has 1 aromatic rings. The quantitative estimate of drug-likeness (QED) is 0.584. The number of benzene rings is 1. The van der Waals surface area contributed by atoms with Crippen LogP contribution in [0.1, 0.15) is 51.5 Å². The standard InChI is InChI=1S/C22H35N5O/c1-22(2,26-13-5-4-6-14-26)17-25-21(23-3)24-16-18-9-11-19(12-10-18)27-15-7-8-20(27)28/h9-12H,4-8,13-17H2,1-3H3,(H2,23,24,25). The number of nitrogens with zero attached hydrogens (tertiary/aromatic N) is 3. The van der Waals surface area contributed by atoms with E-state index in [1.165, 1.54) is 37.9 Å². The lowest BCUT2D eigenvalue weighted by Gasteiger charge is -2.41. The van der Waals surface area contributed by atoms with Crippen LogP contribution < -0.4 is 15.5 Å². The van der Waals surface area contributed by atoms with Gasteiger partial charge in [-0.15, -0.1) is 0 Å². The molecule has 2 aliphatic rings. The Hall–Kier alpha value is -2.08. The molecule has 0 saturated carbocycles. The molecule has 0 unspecified atom stereocenters. The van der Waals surface area contributed by atoms with Gasteiger partial charge >= 0.3 is 0 Å². The van der Waals surface area contributed by atoms with Crippen LogP contribution in [-0.4, -0.2) is 55.5 Å². The van der Waals surface area contributed by atoms with Crippen molar-refractivity contribution in [1.29, 1.82) is 0 Å². The lowest BCUT2D eigenvalue weighted by Crippen LogP contribution is -2.54. The van der Waals surface area contributed by atoms with Gasteiger partial charge in [0.25, 0.3) is 0 Å². The average Bonchev–Trinajstić information content (AvgIpc) is 3.15. The molecular weight excluding hydrogens is 350 g/mol. The number of carbonyl (C=O) groups excluding carboxylic acids is 1. The van der Waals surface area contributed by atoms with Gasteiger partial charge in [-0.05, 0) is 63.9 Å². The molecule has 1 amide bonds. The fraction of sp³-hybridized carbons (Fsp3) is 0.636. The summed E-state index contributed by atoms with van der Waals surface area (Å²) in [5.74, 6) is 1.05. The van der Waals surface area contributed by atoms with Gasteiger partial charge < -0.3 is 15.5 Å². The minimum absolute atomic E-state index is 0.113. The predicted octanol–water partition coefficient (Wildman–Crippen LogP) is 2.74. The van der Waals surface area contributed by atoms with Crippen LogP contribution in [0.2, 0.25) is 0 Å². The van der Waals surface area contributed by atoms with Crippen LogP contribution in [0.25, 0.3) is 0 Å². The molecule has 2 fully saturated rings. The lowest BCUT2D eigenvalue weighted by molar-refractivity contribution is -0.117. The first-order valence-corrected chi connectivity index (χ1v) is 10.6. The molecule has 0 atom stereocenters. The van der Waals surface area contributed by atoms with Crippen LogP contribution in [-0.2, 0) is 11.3 Å². The summed E-state index contributed by atoms with van der Waals surface area (Å²) in [4.78, 5) is 20.7. The summed E-state index contributed by atoms with van der Waals surface area (Å²) in [6.07, 6.45) is 5.58. The normalized spacial score (nSPS) is 19.2. The molecule has 6 heteroatoms. The van der Waals surface area contributed by atoms with Gasteiger partial charge in [-0.25, -0.2) is 0 Å². The van der Waals surface area contributed by atoms with Crippen LogP contribution in [0, 0.1) is 0 Å². The molecule has 2 saturated heterocycles. The van der Waals surface area contributed by atoms with Crippen molar-refractivity contribution in [1.82, 2.24) is 15.5 Å². The highest BCUT2D eigenvalue weighted by Gasteiger charge is 2.28. The molecule has 2 aliphatic heterocycles. The molecule has 0 bridgehead atoms. The van der Waals surface area contributed by atoms with Crippen LogP contribution in [0.5, 0.6) is 0 Å². The third-order valence-electron chi connectivity index (χ3n) is 5.91. The number of anilines is 1. The van der Waals surface area contributed by atoms with Crippen molar-refractivity contribution < 1.29 is 4.79 Å². The van der Waals surface area contributed by atoms with Crippen molar-refractivity contribution in [2.75, 3.05) is 38.1 Å². The number of amides is 1. The number of nitrogens with one attached hydrogen (secondary N) is 2. The third-order valence-corrected chi connectivity index (χ3v) is 5.91. The average molecular weight is 386 g/mol. The maximum atomic E-state index is 11.9. The zero-order chi connectivity index (χ0) is 20.0. The van der Waals surface area contributed by atoms with Gasteiger partial charge in [-0.3, -0.25) is 14.7 Å². The molecule has 0 aliphatic carbocycles. The number of hydrogen-bond donors (Lipinski definition) is 2. The van der Waals surface area contributed by atoms with E-state index in [9.17, 15) is 4.79 Å². The number of guanidine groups is 1. The van der Waals surface area contributed by atoms with E-state index in [0.717, 1.165) is 31.2 Å². The lowest BCUT2D eigenvalue weighted by atomic mass is 9.98. The summed E-state index contributed by atoms with van der Waals surface area (Å²) in [7, 11) is 1.81. The first-order chi connectivity index (χ1) is 13.5. The van der Waals surface area contributed by atoms with Crippen molar-refractivity contribution >= 4 is 17.6 Å². The molecule has 2 N–H and O–H groups in total. The Morgan fingerprint density at radius 1 is 1.04 bits per heavy atom. The Labute approximate surface area is 169 Å². The van der Waals surface area contributed by atoms with Crippen molar-refractivity contribution in [3.8, 4) is 0 Å². The Bertz CT molecular complexity index is 677. The smallest absolute Gasteiger partial charge is 0.227 e. The molecular formula is C22H35N5O. The highest BCUT2D eigenvalue weighted by atomic mass is 16.2. The molecule has 28 heavy (non-hydrogen) atoms. The van der Waals surface area contributed by atoms with E-state index >= 15 is 0 Å². The molecule has 0 aromatic heterocycles. The fourth-order valence-corrected chi connectivity index (χ4v) is 4.03. The zero-order valence-electron chi connectivity index (χ0n) is 17.6. The van der Waals surface area contributed by atoms with Gasteiger partial charge in [0.1, 0.15) is 0 Å². The third kappa shape index (κ3) is 5.25. The highest BCUT2D eigenvalue weighted by molar-refractivity contribution is 5.95. The number of piperidine rings is 1. The van der Waals surface area contributed by atoms with Crippen molar-refractivity contribution in [2.45, 2.75) is 58.0 Å². The van der Waals surface area contributed by atoms with Crippen LogP contribution in [0.15, 0.2) is 29.3 Å². The van der Waals surface area contributed by atoms with Gasteiger partial charge in [-0.1, -0.05) is 18.6 Å². The molecule has 154 valence electrons. The number of hydrogen-bond acceptors (Lipinski definition) is 3. The SMILES string of the molecule is CN=C(NCc1ccc(N2CCCC2=O)cc1)NCC(C)(C)N1CCCCC1. The Kier molecular flexibility index (Phi) is 6.94. The Morgan fingerprint density at radius 3 is 2.36 bits per heavy atom. The first kappa shape index (κ1) is 20.6. The van der Waals surface area contributed by atoms with Gasteiger partial charge in [0.15, 0.2) is 5.96 Å². The summed E-state index contributed by atoms with van der Waals surface area (Å²) < 4.78 is 0. The van der Waals surface area contributed by atoms with Gasteiger partial charge in [-0.2, -0.15) is 0 Å². The molecule has 6 nitrogen and oxygen atoms in total. The minimum atomic E-state index is 0.113. The largest absolute Gasteiger partial charge is 0.355 e. The number of aliphatic imine (C=N–C) groups is 1. The van der Waals surface area contributed by atoms with Crippen molar-refractivity contribution in [2.24, 2.45) is 4.99 Å². The molecule has 0 spiro atoms. The fourth-order valence-electron chi connectivity index (χ4n) is 4.03. The van der Waals surface area contributed by atoms with Crippen LogP contribution >= 0.6 is 0 Å². The van der Waals surface area contributed by atoms with Gasteiger partial charge in [0.2, 0.25) is 5.91 Å². The first-order valence-electron chi connectivity index (χ1n) is 10.6. The highest BCUT2D eigenvalue weighted by Crippen LogP contribution is 2.22. The Balaban J connectivity index is 1.48. The minimum Gasteiger partial charge on any atom is -0.355 e. The van der Waals surface area contributed by atoms with E-state index in [2.05, 4.69) is 46.5 Å². The summed E-state index contributed by atoms with van der Waals surface area (Å²) in [5, 5.41) is 6.88. The van der Waals surface area contributed by atoms with Crippen molar-refractivity contribution in [3.63, 3.8) is 0 Å². The molecule has 0 radical (unpaired) electrons. The monoisotopic (exact) mass is 385 g/mol. The maximum absolute atomic E-state index is 11.9. The van der Waals surface area contributed by atoms with Gasteiger partial charge in [0, 0.05) is 44.3 Å². The van der Waals surface area contributed by atoms with Crippen molar-refractivity contribution in [3.05, 3.63) is 29.8 Å². The van der Waals surface area contributed by atoms with Crippen LogP contribution in [0.3, 0.4) is 0 Å². The Morgan fingerprint density at radius 2 is 1.75 bits per heavy atom. The van der Waals surface area contributed by atoms with E-state index in [0.29, 0.717) is 13.0 Å². The summed E-state index contributed by atoms with van der Waals surface area (Å²) in [6.45, 7) is 9.38. The van der Waals surface area contributed by atoms with E-state index in [1.807, 2.05) is 24.1 Å². The molecule has 1 aromatic carbocycles. The molecule has 2 heterocycles. The topological polar surface area (TPSA) is 60.0 Å². The zero-order valence-corrected chi connectivity index (χ0v) is 17.6. The maximum Gasteiger partial charge on any atom is 0.227 e. The van der Waals surface area contributed by atoms with E-state index < -0.39 is 0 Å². The van der Waals surface area contributed by atoms with Crippen LogP contribution in [0.4, 0.5) is 5.69 Å². The second-order valence-electron chi connectivity index (χ2n) is 8.45. The number of rotatable bonds is 6. The second-order valence-corrected chi connectivity index (χ2v) is 8.45. The number of likely N-dealkylation sites (tertiary alicyclic amines) is 1. The summed E-state index contributed by atoms with van der Waals surface area (Å²) in [5.41, 5.74) is 2.28. The summed E-state index contributed by atoms with van der Waals surface area (Å²) in [6, 6.07) is 8.24. The van der Waals surface area contributed by atoms with Gasteiger partial charge in [0.05, 0.1) is 0 Å². The predicted molar refractivity (Wildman–Crippen MR) is 116 cm³/mol. The second kappa shape index (κ2) is 9.41. The van der Waals surface area contributed by atoms with E-state index in [4.69, 9.17) is 0 Å². The van der Waals surface area contributed by atoms with E-state index in [1.54, 1.807) is 0 Å². The molecule has 3 rings (SSSR count). The van der Waals surface area contributed by atoms with E-state index in [-0.39, 0.29) is 11.4 Å².